The number of benzene rings is 1. The number of hydrogen-bond donors (Lipinski definition) is 2. The van der Waals surface area contributed by atoms with Crippen LogP contribution in [0.15, 0.2) is 18.2 Å². The fourth-order valence-electron chi connectivity index (χ4n) is 1.78. The molecule has 0 saturated heterocycles. The summed E-state index contributed by atoms with van der Waals surface area (Å²) < 4.78 is 78.6. The molecule has 1 amide bonds. The summed E-state index contributed by atoms with van der Waals surface area (Å²) in [5.41, 5.74) is -3.76. The number of rotatable bonds is 3. The first kappa shape index (κ1) is 18.1. The third-order valence-electron chi connectivity index (χ3n) is 3.05. The summed E-state index contributed by atoms with van der Waals surface area (Å²) >= 11 is 0. The van der Waals surface area contributed by atoms with Crippen LogP contribution in [-0.4, -0.2) is 23.9 Å². The van der Waals surface area contributed by atoms with Gasteiger partial charge in [-0.15, -0.1) is 0 Å². The normalized spacial score (nSPS) is 13.0. The first-order chi connectivity index (χ1) is 9.80. The maximum atomic E-state index is 13.1. The van der Waals surface area contributed by atoms with Crippen LogP contribution in [0.5, 0.6) is 0 Å². The molecule has 22 heavy (non-hydrogen) atoms. The Morgan fingerprint density at radius 2 is 1.45 bits per heavy atom. The summed E-state index contributed by atoms with van der Waals surface area (Å²) in [6.45, 7) is 3.78. The van der Waals surface area contributed by atoms with Crippen molar-refractivity contribution in [3.63, 3.8) is 0 Å². The minimum Gasteiger partial charge on any atom is -0.348 e. The lowest BCUT2D eigenvalue weighted by molar-refractivity contribution is -0.295. The molecule has 9 heteroatoms. The second-order valence-electron chi connectivity index (χ2n) is 4.85. The minimum absolute atomic E-state index is 0.411. The second kappa shape index (κ2) is 5.69. The van der Waals surface area contributed by atoms with Gasteiger partial charge in [-0.3, -0.25) is 4.79 Å². The monoisotopic (exact) mass is 328 g/mol. The molecule has 0 aliphatic heterocycles. The average Bonchev–Trinajstić information content (AvgIpc) is 2.29. The van der Waals surface area contributed by atoms with E-state index in [0.717, 1.165) is 17.4 Å². The van der Waals surface area contributed by atoms with E-state index in [1.54, 1.807) is 13.8 Å². The van der Waals surface area contributed by atoms with Crippen molar-refractivity contribution in [3.05, 3.63) is 29.3 Å². The molecule has 124 valence electrons. The van der Waals surface area contributed by atoms with Crippen LogP contribution in [0, 0.1) is 13.8 Å². The number of halogens is 6. The quantitative estimate of drug-likeness (QED) is 0.657. The molecule has 1 rings (SSSR count). The van der Waals surface area contributed by atoms with Crippen LogP contribution in [0.3, 0.4) is 0 Å². The first-order valence-corrected chi connectivity index (χ1v) is 6.08. The van der Waals surface area contributed by atoms with Gasteiger partial charge >= 0.3 is 18.0 Å². The summed E-state index contributed by atoms with van der Waals surface area (Å²) in [6.07, 6.45) is -11.6. The van der Waals surface area contributed by atoms with E-state index in [4.69, 9.17) is 0 Å². The molecule has 0 aliphatic carbocycles. The highest BCUT2D eigenvalue weighted by Gasteiger charge is 2.72. The summed E-state index contributed by atoms with van der Waals surface area (Å²) in [5.74, 6) is -1.47. The number of amides is 1. The standard InChI is InChI=1S/C13H14F6N2O/c1-7-4-5-10(6-8(7)2)21-11(12(14,15)16,13(17,18)19)20-9(3)22/h4-6,21H,1-3H3,(H,20,22). The van der Waals surface area contributed by atoms with E-state index in [9.17, 15) is 31.1 Å². The topological polar surface area (TPSA) is 41.1 Å². The Balaban J connectivity index is 3.42. The van der Waals surface area contributed by atoms with E-state index in [-0.39, 0.29) is 0 Å². The van der Waals surface area contributed by atoms with Crippen molar-refractivity contribution in [2.45, 2.75) is 38.8 Å². The van der Waals surface area contributed by atoms with E-state index >= 15 is 0 Å². The van der Waals surface area contributed by atoms with Gasteiger partial charge in [0, 0.05) is 12.6 Å². The van der Waals surface area contributed by atoms with Crippen molar-refractivity contribution in [1.82, 2.24) is 5.32 Å². The van der Waals surface area contributed by atoms with Gasteiger partial charge in [-0.2, -0.15) is 26.3 Å². The number of carbonyl (C=O) groups is 1. The SMILES string of the molecule is CC(=O)NC(Nc1ccc(C)c(C)c1)(C(F)(F)F)C(F)(F)F. The Bertz CT molecular complexity index is 551. The molecule has 1 aromatic rings. The fourth-order valence-corrected chi connectivity index (χ4v) is 1.78. The van der Waals surface area contributed by atoms with Crippen molar-refractivity contribution in [1.29, 1.82) is 0 Å². The fraction of sp³-hybridized carbons (Fsp3) is 0.462. The van der Waals surface area contributed by atoms with Crippen LogP contribution in [0.4, 0.5) is 32.0 Å². The van der Waals surface area contributed by atoms with Gasteiger partial charge in [-0.1, -0.05) is 6.07 Å². The van der Waals surface area contributed by atoms with Crippen molar-refractivity contribution < 1.29 is 31.1 Å². The van der Waals surface area contributed by atoms with Gasteiger partial charge in [0.05, 0.1) is 0 Å². The van der Waals surface area contributed by atoms with Crippen molar-refractivity contribution in [2.75, 3.05) is 5.32 Å². The lowest BCUT2D eigenvalue weighted by atomic mass is 10.1. The highest BCUT2D eigenvalue weighted by atomic mass is 19.4. The van der Waals surface area contributed by atoms with E-state index in [0.29, 0.717) is 18.1 Å². The van der Waals surface area contributed by atoms with Gasteiger partial charge in [-0.25, -0.2) is 0 Å². The zero-order valence-electron chi connectivity index (χ0n) is 11.9. The van der Waals surface area contributed by atoms with Crippen LogP contribution >= 0.6 is 0 Å². The molecule has 0 spiro atoms. The number of anilines is 1. The van der Waals surface area contributed by atoms with Gasteiger partial charge in [0.1, 0.15) is 0 Å². The predicted octanol–water partition coefficient (Wildman–Crippen LogP) is 3.67. The smallest absolute Gasteiger partial charge is 0.348 e. The number of alkyl halides is 6. The Morgan fingerprint density at radius 1 is 0.955 bits per heavy atom. The molecule has 1 aromatic carbocycles. The molecule has 0 radical (unpaired) electrons. The summed E-state index contributed by atoms with van der Waals surface area (Å²) in [4.78, 5) is 10.9. The van der Waals surface area contributed by atoms with E-state index in [1.807, 2.05) is 0 Å². The van der Waals surface area contributed by atoms with E-state index < -0.39 is 29.6 Å². The van der Waals surface area contributed by atoms with Crippen LogP contribution in [-0.2, 0) is 4.79 Å². The predicted molar refractivity (Wildman–Crippen MR) is 68.2 cm³/mol. The van der Waals surface area contributed by atoms with Gasteiger partial charge in [0.25, 0.3) is 0 Å². The van der Waals surface area contributed by atoms with E-state index in [2.05, 4.69) is 0 Å². The molecular weight excluding hydrogens is 314 g/mol. The van der Waals surface area contributed by atoms with Gasteiger partial charge in [0.15, 0.2) is 0 Å². The molecule has 0 aliphatic rings. The van der Waals surface area contributed by atoms with Crippen molar-refractivity contribution >= 4 is 11.6 Å². The lowest BCUT2D eigenvalue weighted by Crippen LogP contribution is -2.72. The molecule has 0 aromatic heterocycles. The van der Waals surface area contributed by atoms with Crippen molar-refractivity contribution in [2.24, 2.45) is 0 Å². The molecule has 0 saturated carbocycles. The molecule has 0 fully saturated rings. The summed E-state index contributed by atoms with van der Waals surface area (Å²) in [5, 5.41) is 2.35. The maximum Gasteiger partial charge on any atom is 0.439 e. The van der Waals surface area contributed by atoms with Crippen molar-refractivity contribution in [3.8, 4) is 0 Å². The second-order valence-corrected chi connectivity index (χ2v) is 4.85. The summed E-state index contributed by atoms with van der Waals surface area (Å²) in [6, 6.07) is 3.60. The summed E-state index contributed by atoms with van der Waals surface area (Å²) in [7, 11) is 0. The number of aryl methyl sites for hydroxylation is 2. The van der Waals surface area contributed by atoms with Crippen LogP contribution < -0.4 is 10.6 Å². The largest absolute Gasteiger partial charge is 0.439 e. The Labute approximate surface area is 122 Å². The highest BCUT2D eigenvalue weighted by Crippen LogP contribution is 2.43. The van der Waals surface area contributed by atoms with Gasteiger partial charge in [-0.05, 0) is 37.1 Å². The molecular formula is C13H14F6N2O. The molecule has 0 unspecified atom stereocenters. The first-order valence-electron chi connectivity index (χ1n) is 6.08. The van der Waals surface area contributed by atoms with Crippen LogP contribution in [0.2, 0.25) is 0 Å². The molecule has 3 nitrogen and oxygen atoms in total. The molecule has 0 bridgehead atoms. The Morgan fingerprint density at radius 3 is 1.82 bits per heavy atom. The lowest BCUT2D eigenvalue weighted by Gasteiger charge is -2.38. The van der Waals surface area contributed by atoms with Crippen LogP contribution in [0.1, 0.15) is 18.1 Å². The molecule has 0 heterocycles. The third-order valence-corrected chi connectivity index (χ3v) is 3.05. The van der Waals surface area contributed by atoms with Crippen LogP contribution in [0.25, 0.3) is 0 Å². The average molecular weight is 328 g/mol. The number of carbonyl (C=O) groups excluding carboxylic acids is 1. The van der Waals surface area contributed by atoms with Gasteiger partial charge in [0.2, 0.25) is 5.91 Å². The molecule has 2 N–H and O–H groups in total. The third kappa shape index (κ3) is 3.45. The van der Waals surface area contributed by atoms with Gasteiger partial charge < -0.3 is 10.6 Å². The Hall–Kier alpha value is -1.93. The van der Waals surface area contributed by atoms with E-state index in [1.165, 1.54) is 11.4 Å². The number of hydrogen-bond acceptors (Lipinski definition) is 2. The zero-order chi connectivity index (χ0) is 17.3. The Kier molecular flexibility index (Phi) is 4.69. The number of nitrogens with one attached hydrogen (secondary N) is 2. The highest BCUT2D eigenvalue weighted by molar-refractivity contribution is 5.75. The minimum atomic E-state index is -5.80. The zero-order valence-corrected chi connectivity index (χ0v) is 11.9. The maximum absolute atomic E-state index is 13.1. The molecule has 0 atom stereocenters.